The van der Waals surface area contributed by atoms with Crippen LogP contribution in [0.25, 0.3) is 22.5 Å². The van der Waals surface area contributed by atoms with Crippen LogP contribution in [0.15, 0.2) is 54.3 Å². The monoisotopic (exact) mass is 657 g/mol. The van der Waals surface area contributed by atoms with E-state index in [-0.39, 0.29) is 46.8 Å². The standard InChI is InChI=1S/C29H30F3N9O4S/c1-4-25(42)41(24-16-34-23(15-35-24)18-11-37-28(45-2)38-12-18)20-7-5-19(6-8-20)39-27-36-14-22(29(30,31)32)26(40-27)17-9-21(13-33-10-17)46(3,43)44/h9-16,19-20H,4-8H2,1-3H3,(H,36,39,40)/t19-,20-. The number of hydrogen-bond acceptors (Lipinski definition) is 12. The summed E-state index contributed by atoms with van der Waals surface area (Å²) in [5, 5.41) is 3.11. The van der Waals surface area contributed by atoms with Gasteiger partial charge in [-0.25, -0.2) is 33.3 Å². The van der Waals surface area contributed by atoms with E-state index in [1.165, 1.54) is 13.3 Å². The smallest absolute Gasteiger partial charge is 0.419 e. The number of nitrogens with one attached hydrogen (secondary N) is 1. The number of sulfone groups is 1. The zero-order valence-electron chi connectivity index (χ0n) is 25.1. The van der Waals surface area contributed by atoms with E-state index in [0.717, 1.165) is 24.7 Å². The molecule has 1 aliphatic rings. The molecule has 4 aromatic heterocycles. The molecular formula is C29H30F3N9O4S. The van der Waals surface area contributed by atoms with Crippen molar-refractivity contribution >= 4 is 27.5 Å². The SMILES string of the molecule is CCC(=O)N(c1cnc(-c2cnc(OC)nc2)cn1)[C@H]1CC[C@H](Nc2ncc(C(F)(F)F)c(-c3cncc(S(C)(=O)=O)c3)n2)CC1. The molecule has 1 saturated carbocycles. The minimum Gasteiger partial charge on any atom is -0.467 e. The first-order valence-electron chi connectivity index (χ1n) is 14.2. The number of halogens is 3. The Labute approximate surface area is 262 Å². The number of carbonyl (C=O) groups excluding carboxylic acids is 1. The second-order valence-electron chi connectivity index (χ2n) is 10.6. The van der Waals surface area contributed by atoms with E-state index < -0.39 is 27.3 Å². The average Bonchev–Trinajstić information content (AvgIpc) is 3.05. The molecule has 13 nitrogen and oxygen atoms in total. The van der Waals surface area contributed by atoms with E-state index in [9.17, 15) is 26.4 Å². The number of carbonyl (C=O) groups is 1. The third kappa shape index (κ3) is 7.35. The summed E-state index contributed by atoms with van der Waals surface area (Å²) in [5.41, 5.74) is -0.551. The Kier molecular flexibility index (Phi) is 9.41. The predicted molar refractivity (Wildman–Crippen MR) is 160 cm³/mol. The molecule has 46 heavy (non-hydrogen) atoms. The largest absolute Gasteiger partial charge is 0.467 e. The third-order valence-electron chi connectivity index (χ3n) is 7.47. The van der Waals surface area contributed by atoms with E-state index in [1.807, 2.05) is 0 Å². The Bertz CT molecular complexity index is 1800. The Morgan fingerprint density at radius 3 is 2.26 bits per heavy atom. The Morgan fingerprint density at radius 1 is 0.957 bits per heavy atom. The van der Waals surface area contributed by atoms with E-state index >= 15 is 0 Å². The predicted octanol–water partition coefficient (Wildman–Crippen LogP) is 4.38. The number of hydrogen-bond donors (Lipinski definition) is 1. The van der Waals surface area contributed by atoms with Gasteiger partial charge < -0.3 is 10.1 Å². The molecule has 0 aliphatic heterocycles. The molecule has 1 N–H and O–H groups in total. The number of alkyl halides is 3. The summed E-state index contributed by atoms with van der Waals surface area (Å²) in [6.45, 7) is 1.76. The normalized spacial score (nSPS) is 16.9. The van der Waals surface area contributed by atoms with Crippen molar-refractivity contribution in [2.75, 3.05) is 23.6 Å². The van der Waals surface area contributed by atoms with Gasteiger partial charge in [0.2, 0.25) is 11.9 Å². The second kappa shape index (κ2) is 13.3. The number of anilines is 2. The van der Waals surface area contributed by atoms with Gasteiger partial charge in [0.25, 0.3) is 0 Å². The molecule has 0 unspecified atom stereocenters. The number of nitrogens with zero attached hydrogens (tertiary/aromatic N) is 8. The van der Waals surface area contributed by atoms with Gasteiger partial charge in [-0.3, -0.25) is 19.7 Å². The summed E-state index contributed by atoms with van der Waals surface area (Å²) in [4.78, 5) is 43.4. The molecule has 242 valence electrons. The molecule has 0 atom stereocenters. The number of methoxy groups -OCH3 is 1. The first-order valence-corrected chi connectivity index (χ1v) is 16.1. The first kappa shape index (κ1) is 32.6. The lowest BCUT2D eigenvalue weighted by molar-refractivity contribution is -0.137. The molecular weight excluding hydrogens is 627 g/mol. The number of amides is 1. The highest BCUT2D eigenvalue weighted by Gasteiger charge is 2.36. The van der Waals surface area contributed by atoms with Crippen molar-refractivity contribution in [1.29, 1.82) is 0 Å². The second-order valence-corrected chi connectivity index (χ2v) is 12.6. The van der Waals surface area contributed by atoms with Gasteiger partial charge in [-0.15, -0.1) is 0 Å². The molecule has 4 aromatic rings. The summed E-state index contributed by atoms with van der Waals surface area (Å²) >= 11 is 0. The Morgan fingerprint density at radius 2 is 1.67 bits per heavy atom. The highest BCUT2D eigenvalue weighted by molar-refractivity contribution is 7.90. The fraction of sp³-hybridized carbons (Fsp3) is 0.379. The lowest BCUT2D eigenvalue weighted by Crippen LogP contribution is -2.44. The number of pyridine rings is 1. The van der Waals surface area contributed by atoms with Crippen LogP contribution in [0.3, 0.4) is 0 Å². The number of aromatic nitrogens is 7. The molecule has 0 spiro atoms. The van der Waals surface area contributed by atoms with Gasteiger partial charge in [0.15, 0.2) is 15.7 Å². The Hall–Kier alpha value is -4.80. The van der Waals surface area contributed by atoms with E-state index in [1.54, 1.807) is 30.4 Å². The zero-order chi connectivity index (χ0) is 33.1. The fourth-order valence-electron chi connectivity index (χ4n) is 5.13. The summed E-state index contributed by atoms with van der Waals surface area (Å²) in [5.74, 6) is 0.246. The number of ether oxygens (including phenoxy) is 1. The van der Waals surface area contributed by atoms with Crippen LogP contribution in [0, 0.1) is 0 Å². The van der Waals surface area contributed by atoms with Crippen LogP contribution in [0.1, 0.15) is 44.6 Å². The minimum atomic E-state index is -4.79. The minimum absolute atomic E-state index is 0.0401. The lowest BCUT2D eigenvalue weighted by atomic mass is 9.90. The molecule has 1 aliphatic carbocycles. The van der Waals surface area contributed by atoms with Crippen molar-refractivity contribution in [3.63, 3.8) is 0 Å². The Balaban J connectivity index is 1.31. The maximum absolute atomic E-state index is 13.9. The van der Waals surface area contributed by atoms with Gasteiger partial charge in [-0.05, 0) is 31.7 Å². The van der Waals surface area contributed by atoms with Crippen LogP contribution in [0.5, 0.6) is 6.01 Å². The molecule has 0 aromatic carbocycles. The molecule has 4 heterocycles. The molecule has 1 amide bonds. The molecule has 5 rings (SSSR count). The average molecular weight is 658 g/mol. The van der Waals surface area contributed by atoms with E-state index in [0.29, 0.717) is 49.0 Å². The van der Waals surface area contributed by atoms with E-state index in [2.05, 4.69) is 40.2 Å². The summed E-state index contributed by atoms with van der Waals surface area (Å²) < 4.78 is 70.6. The molecule has 1 fully saturated rings. The lowest BCUT2D eigenvalue weighted by Gasteiger charge is -2.36. The molecule has 0 radical (unpaired) electrons. The van der Waals surface area contributed by atoms with Crippen LogP contribution >= 0.6 is 0 Å². The van der Waals surface area contributed by atoms with Crippen molar-refractivity contribution < 1.29 is 31.1 Å². The van der Waals surface area contributed by atoms with Crippen molar-refractivity contribution in [3.8, 4) is 28.5 Å². The highest BCUT2D eigenvalue weighted by Crippen LogP contribution is 2.37. The molecule has 17 heteroatoms. The summed E-state index contributed by atoms with van der Waals surface area (Å²) in [6, 6.07) is 0.960. The maximum atomic E-state index is 13.9. The van der Waals surface area contributed by atoms with Gasteiger partial charge in [-0.2, -0.15) is 13.2 Å². The van der Waals surface area contributed by atoms with Crippen molar-refractivity contribution in [2.24, 2.45) is 0 Å². The topological polar surface area (TPSA) is 166 Å². The van der Waals surface area contributed by atoms with Gasteiger partial charge in [0.05, 0.1) is 35.8 Å². The highest BCUT2D eigenvalue weighted by atomic mass is 32.2. The van der Waals surface area contributed by atoms with Crippen molar-refractivity contribution in [1.82, 2.24) is 34.9 Å². The first-order chi connectivity index (χ1) is 21.9. The van der Waals surface area contributed by atoms with Crippen LogP contribution < -0.4 is 15.0 Å². The zero-order valence-corrected chi connectivity index (χ0v) is 25.9. The van der Waals surface area contributed by atoms with Gasteiger partial charge in [0, 0.05) is 66.9 Å². The van der Waals surface area contributed by atoms with Crippen LogP contribution in [0.2, 0.25) is 0 Å². The summed E-state index contributed by atoms with van der Waals surface area (Å²) in [7, 11) is -2.25. The van der Waals surface area contributed by atoms with Crippen molar-refractivity contribution in [3.05, 3.63) is 55.0 Å². The number of rotatable bonds is 9. The van der Waals surface area contributed by atoms with Crippen LogP contribution in [0.4, 0.5) is 24.9 Å². The van der Waals surface area contributed by atoms with Crippen molar-refractivity contribution in [2.45, 2.75) is 62.2 Å². The van der Waals surface area contributed by atoms with Gasteiger partial charge >= 0.3 is 12.2 Å². The van der Waals surface area contributed by atoms with E-state index in [4.69, 9.17) is 4.74 Å². The van der Waals surface area contributed by atoms with Gasteiger partial charge in [-0.1, -0.05) is 6.92 Å². The third-order valence-corrected chi connectivity index (χ3v) is 8.55. The fourth-order valence-corrected chi connectivity index (χ4v) is 5.72. The van der Waals surface area contributed by atoms with Crippen LogP contribution in [-0.2, 0) is 20.8 Å². The summed E-state index contributed by atoms with van der Waals surface area (Å²) in [6.07, 6.45) is 7.76. The van der Waals surface area contributed by atoms with Gasteiger partial charge in [0.1, 0.15) is 5.56 Å². The maximum Gasteiger partial charge on any atom is 0.419 e. The molecule has 0 bridgehead atoms. The van der Waals surface area contributed by atoms with Crippen LogP contribution in [-0.4, -0.2) is 74.7 Å². The quantitative estimate of drug-likeness (QED) is 0.270. The molecule has 0 saturated heterocycles.